The van der Waals surface area contributed by atoms with Crippen molar-refractivity contribution >= 4 is 29.2 Å². The Kier molecular flexibility index (Phi) is 5.32. The number of thiocarbonyl (C=S) groups is 1. The zero-order valence-corrected chi connectivity index (χ0v) is 11.8. The van der Waals surface area contributed by atoms with Gasteiger partial charge in [-0.15, -0.1) is 0 Å². The highest BCUT2D eigenvalue weighted by molar-refractivity contribution is 7.80. The fourth-order valence-electron chi connectivity index (χ4n) is 1.71. The van der Waals surface area contributed by atoms with Gasteiger partial charge in [0.25, 0.3) is 11.1 Å². The number of ether oxygens (including phenoxy) is 1. The van der Waals surface area contributed by atoms with Crippen molar-refractivity contribution in [3.05, 3.63) is 0 Å². The number of hydrogen-bond acceptors (Lipinski definition) is 4. The van der Waals surface area contributed by atoms with E-state index in [1.54, 1.807) is 19.2 Å². The highest BCUT2D eigenvalue weighted by atomic mass is 32.1. The van der Waals surface area contributed by atoms with Crippen LogP contribution in [0.4, 0.5) is 13.2 Å². The van der Waals surface area contributed by atoms with Crippen LogP contribution >= 0.6 is 12.2 Å². The summed E-state index contributed by atoms with van der Waals surface area (Å²) in [6, 6.07) is -1.27. The molecule has 0 unspecified atom stereocenters. The van der Waals surface area contributed by atoms with E-state index in [2.05, 4.69) is 0 Å². The zero-order chi connectivity index (χ0) is 15.5. The van der Waals surface area contributed by atoms with E-state index in [-0.39, 0.29) is 30.7 Å². The van der Waals surface area contributed by atoms with E-state index < -0.39 is 24.0 Å². The van der Waals surface area contributed by atoms with Crippen LogP contribution in [0, 0.1) is 5.92 Å². The highest BCUT2D eigenvalue weighted by Crippen LogP contribution is 2.17. The molecule has 0 saturated carbocycles. The van der Waals surface area contributed by atoms with E-state index in [1.165, 1.54) is 0 Å². The average molecular weight is 312 g/mol. The summed E-state index contributed by atoms with van der Waals surface area (Å²) < 4.78 is 41.7. The third-order valence-corrected chi connectivity index (χ3v) is 2.93. The first kappa shape index (κ1) is 16.7. The summed E-state index contributed by atoms with van der Waals surface area (Å²) in [4.78, 5) is 24.2. The molecule has 0 aromatic rings. The fraction of sp³-hybridized carbons (Fsp3) is 0.727. The maximum Gasteiger partial charge on any atom is 0.471 e. The molecule has 20 heavy (non-hydrogen) atoms. The number of alkyl halides is 3. The largest absolute Gasteiger partial charge is 0.471 e. The van der Waals surface area contributed by atoms with Crippen molar-refractivity contribution in [1.29, 1.82) is 0 Å². The summed E-state index contributed by atoms with van der Waals surface area (Å²) in [7, 11) is 0. The summed E-state index contributed by atoms with van der Waals surface area (Å²) in [6.07, 6.45) is -4.95. The lowest BCUT2D eigenvalue weighted by molar-refractivity contribution is -0.175. The molecule has 0 spiro atoms. The Morgan fingerprint density at radius 2 is 2.05 bits per heavy atom. The molecule has 0 radical (unpaired) electrons. The molecule has 1 rings (SSSR count). The smallest absolute Gasteiger partial charge is 0.469 e. The Morgan fingerprint density at radius 1 is 1.45 bits per heavy atom. The van der Waals surface area contributed by atoms with Crippen molar-refractivity contribution in [1.82, 2.24) is 10.2 Å². The molecule has 2 amide bonds. The second-order valence-electron chi connectivity index (χ2n) is 4.76. The van der Waals surface area contributed by atoms with Gasteiger partial charge in [0, 0.05) is 0 Å². The van der Waals surface area contributed by atoms with Crippen molar-refractivity contribution < 1.29 is 27.5 Å². The number of amides is 2. The quantitative estimate of drug-likeness (QED) is 0.793. The van der Waals surface area contributed by atoms with Gasteiger partial charge in [-0.2, -0.15) is 13.2 Å². The van der Waals surface area contributed by atoms with Crippen molar-refractivity contribution in [2.75, 3.05) is 13.2 Å². The van der Waals surface area contributed by atoms with Crippen LogP contribution in [-0.2, 0) is 14.3 Å². The van der Waals surface area contributed by atoms with Crippen LogP contribution in [-0.4, -0.2) is 47.3 Å². The lowest BCUT2D eigenvalue weighted by Crippen LogP contribution is -2.52. The number of carbonyl (C=O) groups is 2. The molecule has 9 heteroatoms. The summed E-state index contributed by atoms with van der Waals surface area (Å²) in [5.74, 6) is -2.89. The van der Waals surface area contributed by atoms with Crippen LogP contribution in [0.15, 0.2) is 0 Å². The molecular formula is C11H15F3N2O3S. The molecule has 0 aliphatic carbocycles. The van der Waals surface area contributed by atoms with E-state index in [1.807, 2.05) is 0 Å². The van der Waals surface area contributed by atoms with Crippen LogP contribution < -0.4 is 5.32 Å². The monoisotopic (exact) mass is 312 g/mol. The second kappa shape index (κ2) is 6.38. The van der Waals surface area contributed by atoms with Crippen LogP contribution in [0.3, 0.4) is 0 Å². The molecule has 0 aromatic heterocycles. The number of hydrogen-bond donors (Lipinski definition) is 1. The zero-order valence-electron chi connectivity index (χ0n) is 11.0. The number of rotatable bonds is 4. The molecule has 1 saturated heterocycles. The Hall–Kier alpha value is -1.38. The van der Waals surface area contributed by atoms with Crippen LogP contribution in [0.5, 0.6) is 0 Å². The highest BCUT2D eigenvalue weighted by Gasteiger charge is 2.42. The molecule has 1 aliphatic heterocycles. The van der Waals surface area contributed by atoms with Gasteiger partial charge in [-0.25, -0.2) is 0 Å². The molecule has 5 nitrogen and oxygen atoms in total. The molecule has 0 aromatic carbocycles. The number of carbonyl (C=O) groups excluding carboxylic acids is 2. The normalized spacial score (nSPS) is 17.1. The van der Waals surface area contributed by atoms with Gasteiger partial charge in [0.2, 0.25) is 0 Å². The molecule has 1 N–H and O–H groups in total. The third-order valence-electron chi connectivity index (χ3n) is 2.59. The molecule has 1 aliphatic rings. The number of halogens is 3. The first-order chi connectivity index (χ1) is 9.12. The summed E-state index contributed by atoms with van der Waals surface area (Å²) in [6.45, 7) is 3.85. The van der Waals surface area contributed by atoms with Gasteiger partial charge in [0.1, 0.15) is 12.6 Å². The fourth-order valence-corrected chi connectivity index (χ4v) is 1.98. The summed E-state index contributed by atoms with van der Waals surface area (Å²) in [5.41, 5.74) is 0. The molecular weight excluding hydrogens is 297 g/mol. The van der Waals surface area contributed by atoms with Crippen LogP contribution in [0.25, 0.3) is 0 Å². The minimum absolute atomic E-state index is 0.0745. The van der Waals surface area contributed by atoms with Gasteiger partial charge in [-0.05, 0) is 24.6 Å². The molecule has 1 heterocycles. The Morgan fingerprint density at radius 3 is 2.45 bits per heavy atom. The van der Waals surface area contributed by atoms with Crippen LogP contribution in [0.1, 0.15) is 20.3 Å². The minimum Gasteiger partial charge on any atom is -0.469 e. The van der Waals surface area contributed by atoms with Crippen molar-refractivity contribution in [3.8, 4) is 0 Å². The summed E-state index contributed by atoms with van der Waals surface area (Å²) in [5, 5.41) is 1.64. The maximum absolute atomic E-state index is 12.3. The van der Waals surface area contributed by atoms with Gasteiger partial charge >= 0.3 is 12.1 Å². The Bertz CT molecular complexity index is 412. The first-order valence-electron chi connectivity index (χ1n) is 5.98. The molecule has 1 atom stereocenters. The van der Waals surface area contributed by atoms with Crippen molar-refractivity contribution in [2.45, 2.75) is 32.5 Å². The second-order valence-corrected chi connectivity index (χ2v) is 5.11. The summed E-state index contributed by atoms with van der Waals surface area (Å²) >= 11 is 4.78. The van der Waals surface area contributed by atoms with Gasteiger partial charge in [-0.3, -0.25) is 14.5 Å². The topological polar surface area (TPSA) is 58.6 Å². The Balaban J connectivity index is 2.81. The lowest BCUT2D eigenvalue weighted by atomic mass is 10.0. The van der Waals surface area contributed by atoms with Crippen molar-refractivity contribution in [3.63, 3.8) is 0 Å². The molecule has 114 valence electrons. The average Bonchev–Trinajstić information content (AvgIpc) is 2.71. The number of nitrogens with one attached hydrogen (secondary N) is 1. The van der Waals surface area contributed by atoms with Gasteiger partial charge in [-0.1, -0.05) is 13.8 Å². The lowest BCUT2D eigenvalue weighted by Gasteiger charge is -2.24. The number of nitrogens with zero attached hydrogens (tertiary/aromatic N) is 1. The standard InChI is InChI=1S/C11H15F3N2O3S/c1-6(2)5-7(15-9(18)11(12,13)14)8(17)16-3-4-19-10(16)20/h6-7H,3-5H2,1-2H3,(H,15,18)/t7-/m1/s1. The van der Waals surface area contributed by atoms with E-state index in [4.69, 9.17) is 17.0 Å². The van der Waals surface area contributed by atoms with E-state index in [9.17, 15) is 22.8 Å². The van der Waals surface area contributed by atoms with Gasteiger partial charge in [0.05, 0.1) is 6.54 Å². The Labute approximate surface area is 119 Å². The van der Waals surface area contributed by atoms with E-state index in [0.717, 1.165) is 4.90 Å². The first-order valence-corrected chi connectivity index (χ1v) is 6.39. The van der Waals surface area contributed by atoms with E-state index in [0.29, 0.717) is 0 Å². The van der Waals surface area contributed by atoms with Gasteiger partial charge < -0.3 is 10.1 Å². The molecule has 0 bridgehead atoms. The minimum atomic E-state index is -5.03. The molecule has 1 fully saturated rings. The third kappa shape index (κ3) is 4.32. The van der Waals surface area contributed by atoms with E-state index >= 15 is 0 Å². The van der Waals surface area contributed by atoms with Gasteiger partial charge in [0.15, 0.2) is 0 Å². The SMILES string of the molecule is CC(C)C[C@@H](NC(=O)C(F)(F)F)C(=O)N1CCOC1=S. The maximum atomic E-state index is 12.3. The van der Waals surface area contributed by atoms with Crippen LogP contribution in [0.2, 0.25) is 0 Å². The predicted octanol–water partition coefficient (Wildman–Crippen LogP) is 1.22. The van der Waals surface area contributed by atoms with Crippen molar-refractivity contribution in [2.24, 2.45) is 5.92 Å². The predicted molar refractivity (Wildman–Crippen MR) is 67.7 cm³/mol.